The van der Waals surface area contributed by atoms with Crippen molar-refractivity contribution in [1.29, 1.82) is 0 Å². The molecule has 0 saturated heterocycles. The number of ether oxygens (including phenoxy) is 4. The van der Waals surface area contributed by atoms with E-state index in [1.807, 2.05) is 36.4 Å². The highest BCUT2D eigenvalue weighted by Gasteiger charge is 2.13. The number of carbonyl (C=O) groups excluding carboxylic acids is 3. The first-order valence-electron chi connectivity index (χ1n) is 12.4. The maximum Gasteiger partial charge on any atom is 0.329 e. The molecule has 0 aliphatic rings. The van der Waals surface area contributed by atoms with Gasteiger partial charge in [-0.2, -0.15) is 5.10 Å². The van der Waals surface area contributed by atoms with Gasteiger partial charge in [0.25, 0.3) is 5.91 Å². The molecule has 11 heteroatoms. The lowest BCUT2D eigenvalue weighted by atomic mass is 10.1. The summed E-state index contributed by atoms with van der Waals surface area (Å²) >= 11 is 0. The molecule has 210 valence electrons. The maximum atomic E-state index is 12.1. The summed E-state index contributed by atoms with van der Waals surface area (Å²) in [4.78, 5) is 36.3. The fourth-order valence-corrected chi connectivity index (χ4v) is 3.53. The SMILES string of the molecule is COc1ccc(CCNC(=O)C(=O)N/N=C\c2ccc(OCC(=O)NCc3ccccc3)c(OC)c2)cc1OC. The third kappa shape index (κ3) is 9.05. The molecule has 0 aromatic heterocycles. The first-order valence-corrected chi connectivity index (χ1v) is 12.4. The van der Waals surface area contributed by atoms with E-state index in [9.17, 15) is 14.4 Å². The second-order valence-electron chi connectivity index (χ2n) is 8.36. The van der Waals surface area contributed by atoms with Crippen molar-refractivity contribution in [2.45, 2.75) is 13.0 Å². The topological polar surface area (TPSA) is 137 Å². The van der Waals surface area contributed by atoms with Crippen LogP contribution >= 0.6 is 0 Å². The summed E-state index contributed by atoms with van der Waals surface area (Å²) < 4.78 is 21.4. The van der Waals surface area contributed by atoms with E-state index in [1.54, 1.807) is 44.6 Å². The fraction of sp³-hybridized carbons (Fsp3) is 0.241. The van der Waals surface area contributed by atoms with Crippen LogP contribution in [0.2, 0.25) is 0 Å². The van der Waals surface area contributed by atoms with Crippen LogP contribution in [0, 0.1) is 0 Å². The molecule has 0 spiro atoms. The summed E-state index contributed by atoms with van der Waals surface area (Å²) in [6.45, 7) is 0.458. The predicted octanol–water partition coefficient (Wildman–Crippen LogP) is 2.22. The fourth-order valence-electron chi connectivity index (χ4n) is 3.53. The first-order chi connectivity index (χ1) is 19.4. The van der Waals surface area contributed by atoms with Gasteiger partial charge < -0.3 is 29.6 Å². The van der Waals surface area contributed by atoms with Crippen LogP contribution in [0.3, 0.4) is 0 Å². The number of hydrazone groups is 1. The Bertz CT molecular complexity index is 1330. The number of carbonyl (C=O) groups is 3. The Labute approximate surface area is 232 Å². The lowest BCUT2D eigenvalue weighted by molar-refractivity contribution is -0.139. The standard InChI is InChI=1S/C29H32N4O7/c1-37-23-11-9-20(15-25(23)38-2)13-14-30-28(35)29(36)33-32-18-22-10-12-24(26(16-22)39-3)40-19-27(34)31-17-21-7-5-4-6-8-21/h4-12,15-16,18H,13-14,17,19H2,1-3H3,(H,30,35)(H,31,34)(H,33,36)/b32-18-. The highest BCUT2D eigenvalue weighted by Crippen LogP contribution is 2.28. The number of benzene rings is 3. The largest absolute Gasteiger partial charge is 0.493 e. The average Bonchev–Trinajstić information content (AvgIpc) is 2.99. The molecule has 0 atom stereocenters. The van der Waals surface area contributed by atoms with E-state index in [0.717, 1.165) is 11.1 Å². The molecule has 0 radical (unpaired) electrons. The molecular weight excluding hydrogens is 516 g/mol. The first kappa shape index (κ1) is 29.5. The summed E-state index contributed by atoms with van der Waals surface area (Å²) in [6.07, 6.45) is 1.85. The maximum absolute atomic E-state index is 12.1. The van der Waals surface area contributed by atoms with Crippen LogP contribution in [0.1, 0.15) is 16.7 Å². The summed E-state index contributed by atoms with van der Waals surface area (Å²) in [5.74, 6) is -0.0672. The van der Waals surface area contributed by atoms with Crippen LogP contribution in [0.15, 0.2) is 71.8 Å². The van der Waals surface area contributed by atoms with Crippen molar-refractivity contribution in [3.8, 4) is 23.0 Å². The van der Waals surface area contributed by atoms with Crippen LogP contribution in [-0.4, -0.2) is 58.4 Å². The summed E-state index contributed by atoms with van der Waals surface area (Å²) in [5.41, 5.74) is 4.66. The minimum atomic E-state index is -0.906. The minimum absolute atomic E-state index is 0.187. The van der Waals surface area contributed by atoms with Gasteiger partial charge >= 0.3 is 11.8 Å². The molecule has 3 aromatic carbocycles. The molecular formula is C29H32N4O7. The van der Waals surface area contributed by atoms with Gasteiger partial charge in [0.05, 0.1) is 27.5 Å². The van der Waals surface area contributed by atoms with Crippen molar-refractivity contribution in [3.05, 3.63) is 83.4 Å². The van der Waals surface area contributed by atoms with E-state index in [1.165, 1.54) is 13.3 Å². The van der Waals surface area contributed by atoms with Gasteiger partial charge in [0.2, 0.25) is 0 Å². The second-order valence-corrected chi connectivity index (χ2v) is 8.36. The molecule has 0 heterocycles. The Morgan fingerprint density at radius 2 is 1.45 bits per heavy atom. The zero-order valence-corrected chi connectivity index (χ0v) is 22.6. The van der Waals surface area contributed by atoms with Gasteiger partial charge in [-0.3, -0.25) is 14.4 Å². The van der Waals surface area contributed by atoms with E-state index in [0.29, 0.717) is 41.5 Å². The number of methoxy groups -OCH3 is 3. The lowest BCUT2D eigenvalue weighted by Gasteiger charge is -2.11. The number of rotatable bonds is 13. The normalized spacial score (nSPS) is 10.5. The highest BCUT2D eigenvalue weighted by atomic mass is 16.5. The molecule has 0 aliphatic heterocycles. The second kappa shape index (κ2) is 15.4. The highest BCUT2D eigenvalue weighted by molar-refractivity contribution is 6.35. The molecule has 11 nitrogen and oxygen atoms in total. The third-order valence-electron chi connectivity index (χ3n) is 5.61. The van der Waals surface area contributed by atoms with Crippen molar-refractivity contribution >= 4 is 23.9 Å². The van der Waals surface area contributed by atoms with Gasteiger partial charge in [-0.15, -0.1) is 0 Å². The quantitative estimate of drug-likeness (QED) is 0.169. The molecule has 0 aliphatic carbocycles. The van der Waals surface area contributed by atoms with E-state index in [2.05, 4.69) is 21.2 Å². The number of hydrogen-bond acceptors (Lipinski definition) is 8. The van der Waals surface area contributed by atoms with Crippen molar-refractivity contribution in [2.75, 3.05) is 34.5 Å². The van der Waals surface area contributed by atoms with Crippen molar-refractivity contribution in [2.24, 2.45) is 5.10 Å². The van der Waals surface area contributed by atoms with Crippen molar-refractivity contribution in [1.82, 2.24) is 16.1 Å². The van der Waals surface area contributed by atoms with Gasteiger partial charge in [0.1, 0.15) is 0 Å². The number of nitrogens with zero attached hydrogens (tertiary/aromatic N) is 1. The van der Waals surface area contributed by atoms with Gasteiger partial charge in [-0.1, -0.05) is 36.4 Å². The third-order valence-corrected chi connectivity index (χ3v) is 5.61. The van der Waals surface area contributed by atoms with Crippen LogP contribution in [0.5, 0.6) is 23.0 Å². The number of amides is 3. The molecule has 3 rings (SSSR count). The Balaban J connectivity index is 1.43. The van der Waals surface area contributed by atoms with E-state index in [-0.39, 0.29) is 19.1 Å². The Morgan fingerprint density at radius 3 is 2.17 bits per heavy atom. The van der Waals surface area contributed by atoms with Gasteiger partial charge in [-0.05, 0) is 53.4 Å². The van der Waals surface area contributed by atoms with Gasteiger partial charge in [0, 0.05) is 13.1 Å². The minimum Gasteiger partial charge on any atom is -0.493 e. The van der Waals surface area contributed by atoms with Crippen LogP contribution in [-0.2, 0) is 27.3 Å². The Kier molecular flexibility index (Phi) is 11.3. The molecule has 40 heavy (non-hydrogen) atoms. The molecule has 0 fully saturated rings. The molecule has 3 amide bonds. The van der Waals surface area contributed by atoms with Crippen LogP contribution < -0.4 is 35.0 Å². The molecule has 3 N–H and O–H groups in total. The summed E-state index contributed by atoms with van der Waals surface area (Å²) in [5, 5.41) is 9.16. The molecule has 0 unspecified atom stereocenters. The predicted molar refractivity (Wildman–Crippen MR) is 149 cm³/mol. The summed E-state index contributed by atoms with van der Waals surface area (Å²) in [7, 11) is 4.56. The monoisotopic (exact) mass is 548 g/mol. The lowest BCUT2D eigenvalue weighted by Crippen LogP contribution is -2.38. The van der Waals surface area contributed by atoms with Crippen molar-refractivity contribution < 1.29 is 33.3 Å². The van der Waals surface area contributed by atoms with Gasteiger partial charge in [-0.25, -0.2) is 5.43 Å². The zero-order chi connectivity index (χ0) is 28.7. The molecule has 0 saturated carbocycles. The summed E-state index contributed by atoms with van der Waals surface area (Å²) in [6, 6.07) is 19.9. The number of nitrogens with one attached hydrogen (secondary N) is 3. The van der Waals surface area contributed by atoms with Crippen LogP contribution in [0.4, 0.5) is 0 Å². The molecule has 3 aromatic rings. The Morgan fingerprint density at radius 1 is 0.750 bits per heavy atom. The molecule has 0 bridgehead atoms. The smallest absolute Gasteiger partial charge is 0.329 e. The van der Waals surface area contributed by atoms with E-state index in [4.69, 9.17) is 18.9 Å². The van der Waals surface area contributed by atoms with Crippen molar-refractivity contribution in [3.63, 3.8) is 0 Å². The van der Waals surface area contributed by atoms with Crippen LogP contribution in [0.25, 0.3) is 0 Å². The number of hydrogen-bond donors (Lipinski definition) is 3. The van der Waals surface area contributed by atoms with E-state index < -0.39 is 11.8 Å². The van der Waals surface area contributed by atoms with Gasteiger partial charge in [0.15, 0.2) is 29.6 Å². The average molecular weight is 549 g/mol. The van der Waals surface area contributed by atoms with E-state index >= 15 is 0 Å². The zero-order valence-electron chi connectivity index (χ0n) is 22.6. The Hall–Kier alpha value is -5.06.